The Labute approximate surface area is 254 Å². The molecule has 0 aliphatic rings. The molecule has 43 heavy (non-hydrogen) atoms. The molecule has 0 spiro atoms. The van der Waals surface area contributed by atoms with Crippen molar-refractivity contribution in [1.82, 2.24) is 0 Å². The Hall–Kier alpha value is -2.46. The first kappa shape index (κ1) is 36.7. The minimum Gasteiger partial charge on any atom is -0.368 e. The van der Waals surface area contributed by atoms with Crippen LogP contribution in [-0.4, -0.2) is 17.7 Å². The van der Waals surface area contributed by atoms with Gasteiger partial charge < -0.3 is 19.3 Å². The average molecular weight is 714 g/mol. The molecule has 0 amide bonds. The van der Waals surface area contributed by atoms with Crippen LogP contribution in [0.4, 0.5) is 52.7 Å². The molecule has 0 radical (unpaired) electrons. The van der Waals surface area contributed by atoms with Gasteiger partial charge in [-0.1, -0.05) is 0 Å². The van der Waals surface area contributed by atoms with Gasteiger partial charge in [0.25, 0.3) is 0 Å². The normalized spacial score (nSPS) is 11.7. The van der Waals surface area contributed by atoms with Crippen LogP contribution in [0.1, 0.15) is 33.4 Å². The number of rotatable bonds is 10. The van der Waals surface area contributed by atoms with Crippen molar-refractivity contribution in [3.8, 4) is 0 Å². The van der Waals surface area contributed by atoms with E-state index >= 15 is 0 Å². The predicted molar refractivity (Wildman–Crippen MR) is 117 cm³/mol. The van der Waals surface area contributed by atoms with Crippen LogP contribution in [-0.2, 0) is 60.2 Å². The molecule has 0 unspecified atom stereocenters. The third-order valence-corrected chi connectivity index (χ3v) is 6.14. The van der Waals surface area contributed by atoms with Crippen molar-refractivity contribution in [2.45, 2.75) is 46.6 Å². The number of hydrogen-bond acceptors (Lipinski definition) is 4. The first-order valence-electron chi connectivity index (χ1n) is 11.5. The summed E-state index contributed by atoms with van der Waals surface area (Å²) in [6, 6.07) is 0. The van der Waals surface area contributed by atoms with Gasteiger partial charge in [0.2, 0.25) is 0 Å². The van der Waals surface area contributed by atoms with Gasteiger partial charge in [0.1, 0.15) is 6.61 Å². The predicted octanol–water partition coefficient (Wildman–Crippen LogP) is 6.87. The largest absolute Gasteiger partial charge is 0.368 e. The summed E-state index contributed by atoms with van der Waals surface area (Å²) in [6.45, 7) is -4.07. The first-order chi connectivity index (χ1) is 19.4. The number of hydrogen-bond donors (Lipinski definition) is 1. The van der Waals surface area contributed by atoms with Gasteiger partial charge in [-0.3, -0.25) is 0 Å². The average Bonchev–Trinajstić information content (AvgIpc) is 2.96. The van der Waals surface area contributed by atoms with E-state index in [9.17, 15) is 57.8 Å². The van der Waals surface area contributed by atoms with E-state index in [2.05, 4.69) is 0 Å². The molecule has 0 aliphatic carbocycles. The second-order valence-electron chi connectivity index (χ2n) is 8.86. The summed E-state index contributed by atoms with van der Waals surface area (Å²) < 4.78 is 183. The van der Waals surface area contributed by atoms with Crippen LogP contribution in [0.2, 0.25) is 0 Å². The summed E-state index contributed by atoms with van der Waals surface area (Å²) in [5.41, 5.74) is -7.50. The van der Waals surface area contributed by atoms with Crippen LogP contribution in [0.3, 0.4) is 0 Å². The molecular weight excluding hydrogens is 695 g/mol. The number of aliphatic hydroxyl groups is 1. The van der Waals surface area contributed by atoms with E-state index in [1.165, 1.54) is 0 Å². The topological polar surface area (TPSA) is 47.9 Å². The van der Waals surface area contributed by atoms with E-state index in [1.807, 2.05) is 0 Å². The zero-order chi connectivity index (χ0) is 31.8. The molecule has 0 saturated carbocycles. The maximum absolute atomic E-state index is 14.3. The van der Waals surface area contributed by atoms with Crippen LogP contribution in [0.25, 0.3) is 0 Å². The fraction of sp³-hybridized carbons (Fsp3) is 0.308. The third-order valence-electron chi connectivity index (χ3n) is 6.14. The van der Waals surface area contributed by atoms with Gasteiger partial charge in [0.15, 0.2) is 69.8 Å². The molecule has 0 aliphatic heterocycles. The standard InChI is InChI=1S/C26H18F12O4.Zr/c1-8-14(27)20(33)11(21(34)15(8)28)4-40-7-26(39,41-5-12-22(35)16(29)9(2)17(30)23(12)36)42-6-13-24(37)18(31)10(3)19(32)25(13)38;/h39H,4-7H2,1-3H3;. The molecule has 17 heteroatoms. The van der Waals surface area contributed by atoms with Crippen molar-refractivity contribution in [3.05, 3.63) is 103 Å². The van der Waals surface area contributed by atoms with Crippen LogP contribution >= 0.6 is 0 Å². The minimum atomic E-state index is -3.51. The molecule has 0 atom stereocenters. The van der Waals surface area contributed by atoms with E-state index in [0.717, 1.165) is 0 Å². The van der Waals surface area contributed by atoms with Crippen molar-refractivity contribution in [2.24, 2.45) is 0 Å². The van der Waals surface area contributed by atoms with Gasteiger partial charge in [0, 0.05) is 42.9 Å². The van der Waals surface area contributed by atoms with Crippen molar-refractivity contribution in [3.63, 3.8) is 0 Å². The van der Waals surface area contributed by atoms with Gasteiger partial charge in [-0.2, -0.15) is 0 Å². The SMILES string of the molecule is Cc1c(F)c(F)c(COCC(O)(OCc2c(F)c(F)c(C)c(F)c2F)OCc2c(F)c(F)c(C)c(F)c2F)c(F)c1F.[Zr]. The molecule has 0 fully saturated rings. The second kappa shape index (κ2) is 14.1. The Morgan fingerprint density at radius 3 is 0.930 bits per heavy atom. The number of benzene rings is 3. The fourth-order valence-corrected chi connectivity index (χ4v) is 3.52. The molecule has 3 aromatic rings. The molecule has 0 heterocycles. The van der Waals surface area contributed by atoms with Gasteiger partial charge >= 0.3 is 5.97 Å². The molecule has 0 bridgehead atoms. The Balaban J connectivity index is 0.00000645. The van der Waals surface area contributed by atoms with Crippen molar-refractivity contribution < 1.29 is 98.2 Å². The van der Waals surface area contributed by atoms with Gasteiger partial charge in [-0.15, -0.1) is 0 Å². The fourth-order valence-electron chi connectivity index (χ4n) is 3.52. The van der Waals surface area contributed by atoms with E-state index in [4.69, 9.17) is 14.2 Å². The van der Waals surface area contributed by atoms with Crippen LogP contribution < -0.4 is 0 Å². The molecule has 3 rings (SSSR count). The van der Waals surface area contributed by atoms with Crippen LogP contribution in [0.5, 0.6) is 0 Å². The summed E-state index contributed by atoms with van der Waals surface area (Å²) in [7, 11) is 0. The zero-order valence-electron chi connectivity index (χ0n) is 22.0. The van der Waals surface area contributed by atoms with Gasteiger partial charge in [-0.05, 0) is 20.8 Å². The minimum absolute atomic E-state index is 0. The zero-order valence-corrected chi connectivity index (χ0v) is 24.5. The summed E-state index contributed by atoms with van der Waals surface area (Å²) in [4.78, 5) is 0. The molecule has 234 valence electrons. The molecule has 3 aromatic carbocycles. The van der Waals surface area contributed by atoms with E-state index in [0.29, 0.717) is 20.8 Å². The summed E-state index contributed by atoms with van der Waals surface area (Å²) in [5, 5.41) is 10.7. The molecule has 1 N–H and O–H groups in total. The monoisotopic (exact) mass is 712 g/mol. The summed E-state index contributed by atoms with van der Waals surface area (Å²) in [5.74, 6) is -26.4. The van der Waals surface area contributed by atoms with Crippen molar-refractivity contribution in [2.75, 3.05) is 6.61 Å². The van der Waals surface area contributed by atoms with Crippen molar-refractivity contribution in [1.29, 1.82) is 0 Å². The van der Waals surface area contributed by atoms with E-state index < -0.39 is 136 Å². The third kappa shape index (κ3) is 7.11. The van der Waals surface area contributed by atoms with E-state index in [-0.39, 0.29) is 26.2 Å². The summed E-state index contributed by atoms with van der Waals surface area (Å²) >= 11 is 0. The maximum atomic E-state index is 14.3. The molecule has 4 nitrogen and oxygen atoms in total. The molecule has 0 saturated heterocycles. The molecular formula is C26H18F12O4Zr. The van der Waals surface area contributed by atoms with Crippen LogP contribution in [0.15, 0.2) is 0 Å². The maximum Gasteiger partial charge on any atom is 0.305 e. The Morgan fingerprint density at radius 2 is 0.674 bits per heavy atom. The first-order valence-corrected chi connectivity index (χ1v) is 11.5. The second-order valence-corrected chi connectivity index (χ2v) is 8.86. The number of ether oxygens (including phenoxy) is 3. The Bertz CT molecular complexity index is 1390. The van der Waals surface area contributed by atoms with Crippen molar-refractivity contribution >= 4 is 0 Å². The smallest absolute Gasteiger partial charge is 0.305 e. The molecule has 0 aromatic heterocycles. The number of halogens is 12. The van der Waals surface area contributed by atoms with Gasteiger partial charge in [0.05, 0.1) is 36.5 Å². The quantitative estimate of drug-likeness (QED) is 0.142. The Kier molecular flexibility index (Phi) is 12.0. The van der Waals surface area contributed by atoms with Gasteiger partial charge in [-0.25, -0.2) is 52.7 Å². The summed E-state index contributed by atoms with van der Waals surface area (Å²) in [6.07, 6.45) is 0. The van der Waals surface area contributed by atoms with Crippen LogP contribution in [0, 0.1) is 90.6 Å². The Morgan fingerprint density at radius 1 is 0.442 bits per heavy atom. The van der Waals surface area contributed by atoms with E-state index in [1.54, 1.807) is 0 Å².